The Hall–Kier alpha value is -5.45. The number of aliphatic hydroxyl groups excluding tert-OH is 1. The molecule has 2 aromatic carbocycles. The SMILES string of the molecule is CCCCCC#CCN(CC(O)C(Cc1ccccc1)N(C(=O)C(C(C)CC)N1CCN(Cc2cccc(C)n2)C1=O)c1ccccc1)NC(=O)CC(C)(C)CNC(=O)OC. The minimum atomic E-state index is -1.20. The van der Waals surface area contributed by atoms with Crippen LogP contribution in [0.4, 0.5) is 15.3 Å². The molecule has 1 aliphatic heterocycles. The van der Waals surface area contributed by atoms with Crippen molar-refractivity contribution in [1.82, 2.24) is 30.5 Å². The summed E-state index contributed by atoms with van der Waals surface area (Å²) < 4.78 is 4.72. The van der Waals surface area contributed by atoms with Crippen molar-refractivity contribution in [3.05, 3.63) is 95.8 Å². The summed E-state index contributed by atoms with van der Waals surface area (Å²) in [6.45, 7) is 13.2. The van der Waals surface area contributed by atoms with Crippen LogP contribution in [-0.4, -0.2) is 107 Å². The van der Waals surface area contributed by atoms with Gasteiger partial charge >= 0.3 is 12.1 Å². The second kappa shape index (κ2) is 24.1. The number of hydrogen-bond acceptors (Lipinski definition) is 8. The Balaban J connectivity index is 1.71. The molecule has 0 saturated carbocycles. The maximum Gasteiger partial charge on any atom is 0.406 e. The van der Waals surface area contributed by atoms with Crippen LogP contribution >= 0.6 is 0 Å². The quantitative estimate of drug-likeness (QED) is 0.0574. The Morgan fingerprint density at radius 2 is 1.67 bits per heavy atom. The summed E-state index contributed by atoms with van der Waals surface area (Å²) in [7, 11) is 1.29. The lowest BCUT2D eigenvalue weighted by molar-refractivity contribution is -0.129. The molecule has 4 unspecified atom stereocenters. The molecular formula is C48H67N7O6. The van der Waals surface area contributed by atoms with E-state index >= 15 is 4.79 Å². The summed E-state index contributed by atoms with van der Waals surface area (Å²) in [5.41, 5.74) is 5.50. The van der Waals surface area contributed by atoms with Crippen molar-refractivity contribution in [3.63, 3.8) is 0 Å². The number of para-hydroxylation sites is 1. The molecule has 1 fully saturated rings. The van der Waals surface area contributed by atoms with Crippen molar-refractivity contribution in [2.75, 3.05) is 44.7 Å². The third kappa shape index (κ3) is 14.9. The normalized spacial score (nSPS) is 14.7. The van der Waals surface area contributed by atoms with E-state index in [0.29, 0.717) is 38.2 Å². The average Bonchev–Trinajstić information content (AvgIpc) is 3.59. The second-order valence-corrected chi connectivity index (χ2v) is 16.8. The van der Waals surface area contributed by atoms with Gasteiger partial charge in [-0.25, -0.2) is 14.6 Å². The summed E-state index contributed by atoms with van der Waals surface area (Å²) in [4.78, 5) is 64.9. The number of nitrogens with one attached hydrogen (secondary N) is 2. The van der Waals surface area contributed by atoms with Gasteiger partial charge in [-0.2, -0.15) is 0 Å². The number of carbonyl (C=O) groups excluding carboxylic acids is 4. The molecule has 13 heteroatoms. The highest BCUT2D eigenvalue weighted by Crippen LogP contribution is 2.30. The van der Waals surface area contributed by atoms with Crippen molar-refractivity contribution >= 4 is 29.6 Å². The van der Waals surface area contributed by atoms with Gasteiger partial charge in [-0.05, 0) is 60.9 Å². The lowest BCUT2D eigenvalue weighted by Gasteiger charge is -2.41. The molecule has 61 heavy (non-hydrogen) atoms. The van der Waals surface area contributed by atoms with Gasteiger partial charge in [0, 0.05) is 50.4 Å². The number of ether oxygens (including phenoxy) is 1. The third-order valence-corrected chi connectivity index (χ3v) is 11.1. The van der Waals surface area contributed by atoms with E-state index in [0.717, 1.165) is 36.2 Å². The predicted octanol–water partition coefficient (Wildman–Crippen LogP) is 6.74. The molecule has 1 aliphatic rings. The Labute approximate surface area is 363 Å². The molecule has 1 aromatic heterocycles. The Bertz CT molecular complexity index is 1920. The minimum absolute atomic E-state index is 0.0573. The fourth-order valence-electron chi connectivity index (χ4n) is 7.56. The largest absolute Gasteiger partial charge is 0.453 e. The van der Waals surface area contributed by atoms with E-state index in [1.54, 1.807) is 19.7 Å². The fourth-order valence-corrected chi connectivity index (χ4v) is 7.56. The first-order valence-corrected chi connectivity index (χ1v) is 21.7. The number of unbranched alkanes of at least 4 members (excludes halogenated alkanes) is 3. The Kier molecular flexibility index (Phi) is 19.1. The molecule has 0 spiro atoms. The molecule has 4 atom stereocenters. The number of rotatable bonds is 22. The minimum Gasteiger partial charge on any atom is -0.453 e. The standard InChI is InChI=1S/C48H67N7O6/c1-8-10-11-12-13-20-28-53(51-43(57)32-48(5,6)35-49-46(59)61-7)34-42(56)41(31-38-23-16-14-17-24-38)55(40-26-18-15-19-27-40)45(58)44(36(3)9-2)54-30-29-52(47(54)60)33-39-25-21-22-37(4)50-39/h14-19,21-27,36,41-42,44,56H,8-12,28-35H2,1-7H3,(H,49,59)(H,51,57). The number of methoxy groups -OCH3 is 1. The smallest absolute Gasteiger partial charge is 0.406 e. The molecule has 0 bridgehead atoms. The van der Waals surface area contributed by atoms with Crippen LogP contribution < -0.4 is 15.6 Å². The molecule has 3 aromatic rings. The molecule has 330 valence electrons. The van der Waals surface area contributed by atoms with Crippen LogP contribution in [0.2, 0.25) is 0 Å². The first kappa shape index (κ1) is 48.2. The summed E-state index contributed by atoms with van der Waals surface area (Å²) in [5, 5.41) is 16.8. The molecule has 13 nitrogen and oxygen atoms in total. The molecule has 4 rings (SSSR count). The van der Waals surface area contributed by atoms with Gasteiger partial charge in [0.05, 0.1) is 38.0 Å². The number of amides is 5. The topological polar surface area (TPSA) is 148 Å². The number of alkyl carbamates (subject to hydrolysis) is 1. The van der Waals surface area contributed by atoms with Gasteiger partial charge in [-0.3, -0.25) is 20.0 Å². The molecule has 0 radical (unpaired) electrons. The molecule has 0 aliphatic carbocycles. The molecular weight excluding hydrogens is 771 g/mol. The van der Waals surface area contributed by atoms with Gasteiger partial charge in [0.2, 0.25) is 11.8 Å². The zero-order valence-electron chi connectivity index (χ0n) is 37.2. The van der Waals surface area contributed by atoms with Crippen molar-refractivity contribution in [2.45, 2.75) is 111 Å². The summed E-state index contributed by atoms with van der Waals surface area (Å²) in [6.07, 6.45) is 3.01. The number of nitrogens with zero attached hydrogens (tertiary/aromatic N) is 5. The highest BCUT2D eigenvalue weighted by molar-refractivity contribution is 6.00. The van der Waals surface area contributed by atoms with Gasteiger partial charge in [-0.15, -0.1) is 5.92 Å². The van der Waals surface area contributed by atoms with Crippen LogP contribution in [0.25, 0.3) is 0 Å². The van der Waals surface area contributed by atoms with Crippen LogP contribution in [0.15, 0.2) is 78.9 Å². The van der Waals surface area contributed by atoms with E-state index in [4.69, 9.17) is 4.74 Å². The Morgan fingerprint density at radius 3 is 2.33 bits per heavy atom. The Morgan fingerprint density at radius 1 is 0.967 bits per heavy atom. The van der Waals surface area contributed by atoms with E-state index in [9.17, 15) is 19.5 Å². The predicted molar refractivity (Wildman–Crippen MR) is 239 cm³/mol. The average molecular weight is 838 g/mol. The number of carbonyl (C=O) groups is 4. The van der Waals surface area contributed by atoms with E-state index in [1.165, 1.54) is 7.11 Å². The number of hydrogen-bond donors (Lipinski definition) is 3. The molecule has 1 saturated heterocycles. The number of hydrazine groups is 1. The van der Waals surface area contributed by atoms with Crippen molar-refractivity contribution in [1.29, 1.82) is 0 Å². The van der Waals surface area contributed by atoms with E-state index in [-0.39, 0.29) is 56.2 Å². The van der Waals surface area contributed by atoms with Crippen LogP contribution in [0.3, 0.4) is 0 Å². The maximum absolute atomic E-state index is 15.5. The van der Waals surface area contributed by atoms with E-state index in [1.807, 2.05) is 113 Å². The van der Waals surface area contributed by atoms with Gasteiger partial charge < -0.3 is 29.9 Å². The number of aryl methyl sites for hydroxylation is 1. The van der Waals surface area contributed by atoms with E-state index < -0.39 is 29.7 Å². The van der Waals surface area contributed by atoms with Gasteiger partial charge in [-0.1, -0.05) is 114 Å². The second-order valence-electron chi connectivity index (χ2n) is 16.8. The number of pyridine rings is 1. The van der Waals surface area contributed by atoms with Crippen molar-refractivity contribution in [2.24, 2.45) is 11.3 Å². The third-order valence-electron chi connectivity index (χ3n) is 11.1. The first-order chi connectivity index (χ1) is 29.3. The number of benzene rings is 2. The molecule has 2 heterocycles. The highest BCUT2D eigenvalue weighted by Gasteiger charge is 2.44. The first-order valence-electron chi connectivity index (χ1n) is 21.7. The summed E-state index contributed by atoms with van der Waals surface area (Å²) in [6, 6.07) is 22.8. The summed E-state index contributed by atoms with van der Waals surface area (Å²) >= 11 is 0. The zero-order chi connectivity index (χ0) is 44.4. The monoisotopic (exact) mass is 838 g/mol. The summed E-state index contributed by atoms with van der Waals surface area (Å²) in [5.74, 6) is 5.57. The maximum atomic E-state index is 15.5. The molecule has 3 N–H and O–H groups in total. The lowest BCUT2D eigenvalue weighted by Crippen LogP contribution is -2.60. The van der Waals surface area contributed by atoms with Crippen molar-refractivity contribution < 1.29 is 29.0 Å². The van der Waals surface area contributed by atoms with Gasteiger partial charge in [0.1, 0.15) is 6.04 Å². The lowest BCUT2D eigenvalue weighted by atomic mass is 9.89. The zero-order valence-corrected chi connectivity index (χ0v) is 37.2. The van der Waals surface area contributed by atoms with Crippen LogP contribution in [0.5, 0.6) is 0 Å². The number of urea groups is 1. The van der Waals surface area contributed by atoms with Gasteiger partial charge in [0.15, 0.2) is 0 Å². The highest BCUT2D eigenvalue weighted by atomic mass is 16.5. The van der Waals surface area contributed by atoms with Gasteiger partial charge in [0.25, 0.3) is 0 Å². The van der Waals surface area contributed by atoms with Crippen LogP contribution in [0.1, 0.15) is 90.1 Å². The van der Waals surface area contributed by atoms with Crippen LogP contribution in [0, 0.1) is 30.1 Å². The van der Waals surface area contributed by atoms with Crippen LogP contribution in [-0.2, 0) is 27.3 Å². The number of aromatic nitrogens is 1. The number of aliphatic hydroxyl groups is 1. The van der Waals surface area contributed by atoms with E-state index in [2.05, 4.69) is 34.5 Å². The fraction of sp³-hybridized carbons (Fsp3) is 0.521. The van der Waals surface area contributed by atoms with Crippen molar-refractivity contribution in [3.8, 4) is 11.8 Å². The number of anilines is 1. The molecule has 5 amide bonds.